The second-order valence-electron chi connectivity index (χ2n) is 7.20. The second-order valence-corrected chi connectivity index (χ2v) is 9.07. The average Bonchev–Trinajstić information content (AvgIpc) is 2.82. The van der Waals surface area contributed by atoms with Gasteiger partial charge < -0.3 is 14.8 Å². The van der Waals surface area contributed by atoms with Crippen molar-refractivity contribution in [2.75, 3.05) is 25.1 Å². The summed E-state index contributed by atoms with van der Waals surface area (Å²) in [5.41, 5.74) is 1.07. The van der Waals surface area contributed by atoms with E-state index in [1.54, 1.807) is 55.5 Å². The topological polar surface area (TPSA) is 84.9 Å². The first-order chi connectivity index (χ1) is 15.8. The van der Waals surface area contributed by atoms with Crippen LogP contribution >= 0.6 is 0 Å². The number of nitrogens with one attached hydrogen (secondary N) is 1. The molecular weight excluding hydrogens is 447 g/mol. The molecule has 0 saturated heterocycles. The minimum Gasteiger partial charge on any atom is -0.493 e. The van der Waals surface area contributed by atoms with Crippen LogP contribution in [0.4, 0.5) is 10.1 Å². The lowest BCUT2D eigenvalue weighted by Gasteiger charge is -2.25. The van der Waals surface area contributed by atoms with Gasteiger partial charge in [-0.15, -0.1) is 0 Å². The first-order valence-electron chi connectivity index (χ1n) is 10.1. The summed E-state index contributed by atoms with van der Waals surface area (Å²) in [6.45, 7) is 1.32. The highest BCUT2D eigenvalue weighted by Gasteiger charge is 2.27. The van der Waals surface area contributed by atoms with Gasteiger partial charge in [-0.05, 0) is 61.0 Å². The Hall–Kier alpha value is -3.59. The zero-order chi connectivity index (χ0) is 24.0. The zero-order valence-electron chi connectivity index (χ0n) is 18.5. The van der Waals surface area contributed by atoms with Crippen molar-refractivity contribution >= 4 is 21.6 Å². The van der Waals surface area contributed by atoms with Gasteiger partial charge in [0, 0.05) is 0 Å². The number of halogens is 1. The number of sulfonamides is 1. The van der Waals surface area contributed by atoms with Crippen LogP contribution in [0.25, 0.3) is 0 Å². The zero-order valence-corrected chi connectivity index (χ0v) is 19.3. The molecule has 1 atom stereocenters. The van der Waals surface area contributed by atoms with E-state index in [0.29, 0.717) is 17.2 Å². The number of benzene rings is 3. The number of hydrogen-bond acceptors (Lipinski definition) is 5. The summed E-state index contributed by atoms with van der Waals surface area (Å²) in [6.07, 6.45) is 0. The lowest BCUT2D eigenvalue weighted by molar-refractivity contribution is -0.120. The summed E-state index contributed by atoms with van der Waals surface area (Å²) in [6, 6.07) is 17.6. The van der Waals surface area contributed by atoms with E-state index in [9.17, 15) is 17.6 Å². The largest absolute Gasteiger partial charge is 0.493 e. The summed E-state index contributed by atoms with van der Waals surface area (Å²) < 4.78 is 51.4. The predicted octanol–water partition coefficient (Wildman–Crippen LogP) is 3.92. The van der Waals surface area contributed by atoms with Crippen molar-refractivity contribution in [3.63, 3.8) is 0 Å². The van der Waals surface area contributed by atoms with Crippen molar-refractivity contribution in [2.45, 2.75) is 17.9 Å². The lowest BCUT2D eigenvalue weighted by atomic mass is 10.1. The molecule has 33 heavy (non-hydrogen) atoms. The Balaban J connectivity index is 1.84. The molecule has 0 aromatic heterocycles. The maximum Gasteiger partial charge on any atom is 0.264 e. The summed E-state index contributed by atoms with van der Waals surface area (Å²) >= 11 is 0. The van der Waals surface area contributed by atoms with Gasteiger partial charge in [0.25, 0.3) is 10.0 Å². The third-order valence-corrected chi connectivity index (χ3v) is 6.81. The molecule has 0 heterocycles. The van der Waals surface area contributed by atoms with Crippen LogP contribution in [0.3, 0.4) is 0 Å². The highest BCUT2D eigenvalue weighted by Crippen LogP contribution is 2.30. The summed E-state index contributed by atoms with van der Waals surface area (Å²) in [5.74, 6) is 0.00911. The molecule has 3 aromatic rings. The van der Waals surface area contributed by atoms with E-state index >= 15 is 0 Å². The Morgan fingerprint density at radius 3 is 2.21 bits per heavy atom. The molecule has 0 fully saturated rings. The molecule has 0 radical (unpaired) electrons. The van der Waals surface area contributed by atoms with Gasteiger partial charge >= 0.3 is 0 Å². The predicted molar refractivity (Wildman–Crippen MR) is 123 cm³/mol. The summed E-state index contributed by atoms with van der Waals surface area (Å²) in [5, 5.41) is 2.82. The highest BCUT2D eigenvalue weighted by atomic mass is 32.2. The van der Waals surface area contributed by atoms with Crippen molar-refractivity contribution in [2.24, 2.45) is 0 Å². The molecule has 0 aliphatic rings. The third kappa shape index (κ3) is 5.61. The number of carbonyl (C=O) groups excluding carboxylic acids is 1. The Kier molecular flexibility index (Phi) is 7.55. The molecule has 1 N–H and O–H groups in total. The van der Waals surface area contributed by atoms with E-state index in [4.69, 9.17) is 9.47 Å². The lowest BCUT2D eigenvalue weighted by Crippen LogP contribution is -2.41. The number of carbonyl (C=O) groups is 1. The Bertz CT molecular complexity index is 1200. The molecule has 3 aromatic carbocycles. The highest BCUT2D eigenvalue weighted by molar-refractivity contribution is 7.92. The van der Waals surface area contributed by atoms with Gasteiger partial charge in [0.05, 0.1) is 30.8 Å². The fraction of sp³-hybridized carbons (Fsp3) is 0.208. The van der Waals surface area contributed by atoms with E-state index in [2.05, 4.69) is 5.32 Å². The second kappa shape index (κ2) is 10.4. The number of methoxy groups -OCH3 is 2. The van der Waals surface area contributed by atoms with Gasteiger partial charge in [0.1, 0.15) is 12.4 Å². The molecule has 3 rings (SSSR count). The smallest absolute Gasteiger partial charge is 0.264 e. The van der Waals surface area contributed by atoms with Gasteiger partial charge in [-0.25, -0.2) is 12.8 Å². The van der Waals surface area contributed by atoms with E-state index in [1.807, 2.05) is 0 Å². The molecule has 0 aliphatic heterocycles. The molecule has 0 spiro atoms. The van der Waals surface area contributed by atoms with Crippen molar-refractivity contribution in [1.29, 1.82) is 0 Å². The number of nitrogens with zero attached hydrogens (tertiary/aromatic N) is 1. The number of ether oxygens (including phenoxy) is 2. The Morgan fingerprint density at radius 2 is 1.61 bits per heavy atom. The number of hydrogen-bond donors (Lipinski definition) is 1. The molecule has 0 unspecified atom stereocenters. The van der Waals surface area contributed by atoms with Crippen LogP contribution in [0.2, 0.25) is 0 Å². The monoisotopic (exact) mass is 472 g/mol. The van der Waals surface area contributed by atoms with E-state index < -0.39 is 34.3 Å². The normalized spacial score (nSPS) is 12.0. The van der Waals surface area contributed by atoms with Crippen LogP contribution in [0, 0.1) is 5.82 Å². The Morgan fingerprint density at radius 1 is 0.970 bits per heavy atom. The van der Waals surface area contributed by atoms with Crippen molar-refractivity contribution < 1.29 is 27.1 Å². The van der Waals surface area contributed by atoms with Crippen LogP contribution < -0.4 is 19.1 Å². The minimum atomic E-state index is -4.12. The van der Waals surface area contributed by atoms with Crippen molar-refractivity contribution in [3.8, 4) is 11.5 Å². The molecule has 9 heteroatoms. The molecule has 174 valence electrons. The molecule has 0 aliphatic carbocycles. The minimum absolute atomic E-state index is 0.117. The average molecular weight is 473 g/mol. The number of rotatable bonds is 9. The van der Waals surface area contributed by atoms with Crippen LogP contribution in [0.15, 0.2) is 77.7 Å². The van der Waals surface area contributed by atoms with E-state index in [0.717, 1.165) is 22.0 Å². The van der Waals surface area contributed by atoms with Gasteiger partial charge in [0.15, 0.2) is 11.5 Å². The van der Waals surface area contributed by atoms with Crippen molar-refractivity contribution in [3.05, 3.63) is 84.2 Å². The molecular formula is C24H25FN2O5S. The standard InChI is InChI=1S/C24H25FN2O5S/c1-17(18-9-14-22(31-2)23(15-18)32-3)26-24(28)16-27(20-7-5-4-6-8-20)33(29,30)21-12-10-19(25)11-13-21/h4-15,17H,16H2,1-3H3,(H,26,28)/t17-/m0/s1. The number of amides is 1. The molecule has 0 saturated carbocycles. The van der Waals surface area contributed by atoms with Crippen LogP contribution in [-0.4, -0.2) is 35.1 Å². The fourth-order valence-corrected chi connectivity index (χ4v) is 4.69. The maximum absolute atomic E-state index is 13.3. The number of anilines is 1. The van der Waals surface area contributed by atoms with E-state index in [-0.39, 0.29) is 4.90 Å². The van der Waals surface area contributed by atoms with Crippen LogP contribution in [0.1, 0.15) is 18.5 Å². The van der Waals surface area contributed by atoms with Crippen molar-refractivity contribution in [1.82, 2.24) is 5.32 Å². The van der Waals surface area contributed by atoms with Crippen LogP contribution in [0.5, 0.6) is 11.5 Å². The Labute approximate surface area is 192 Å². The molecule has 1 amide bonds. The van der Waals surface area contributed by atoms with E-state index in [1.165, 1.54) is 26.4 Å². The number of para-hydroxylation sites is 1. The summed E-state index contributed by atoms with van der Waals surface area (Å²) in [7, 11) is -1.07. The maximum atomic E-state index is 13.3. The van der Waals surface area contributed by atoms with Gasteiger partial charge in [-0.2, -0.15) is 0 Å². The molecule has 7 nitrogen and oxygen atoms in total. The first kappa shape index (κ1) is 24.1. The quantitative estimate of drug-likeness (QED) is 0.510. The van der Waals surface area contributed by atoms with Gasteiger partial charge in [-0.1, -0.05) is 24.3 Å². The first-order valence-corrected chi connectivity index (χ1v) is 11.5. The fourth-order valence-electron chi connectivity index (χ4n) is 3.27. The third-order valence-electron chi connectivity index (χ3n) is 5.02. The summed E-state index contributed by atoms with van der Waals surface area (Å²) in [4.78, 5) is 12.8. The van der Waals surface area contributed by atoms with Gasteiger partial charge in [0.2, 0.25) is 5.91 Å². The SMILES string of the molecule is COc1ccc([C@H](C)NC(=O)CN(c2ccccc2)S(=O)(=O)c2ccc(F)cc2)cc1OC. The molecule has 0 bridgehead atoms. The van der Waals surface area contributed by atoms with Gasteiger partial charge in [-0.3, -0.25) is 9.10 Å². The van der Waals surface area contributed by atoms with Crippen LogP contribution in [-0.2, 0) is 14.8 Å².